The monoisotopic (exact) mass is 508 g/mol. The molecule has 9 heteroatoms. The Kier molecular flexibility index (Phi) is 7.42. The lowest BCUT2D eigenvalue weighted by Gasteiger charge is -2.34. The van der Waals surface area contributed by atoms with Gasteiger partial charge in [0.1, 0.15) is 5.75 Å². The van der Waals surface area contributed by atoms with Crippen molar-refractivity contribution in [2.45, 2.75) is 31.4 Å². The number of anilines is 1. The van der Waals surface area contributed by atoms with E-state index in [1.54, 1.807) is 36.4 Å². The number of carbonyl (C=O) groups excluding carboxylic acids is 2. The fourth-order valence-electron chi connectivity index (χ4n) is 4.06. The maximum Gasteiger partial charge on any atom is 0.348 e. The molecule has 3 aromatic rings. The second kappa shape index (κ2) is 10.5. The lowest BCUT2D eigenvalue weighted by molar-refractivity contribution is -0.148. The van der Waals surface area contributed by atoms with E-state index in [9.17, 15) is 18.0 Å². The molecular weight excluding hydrogens is 480 g/mol. The number of carbonyl (C=O) groups is 2. The Balaban J connectivity index is 1.69. The van der Waals surface area contributed by atoms with Crippen molar-refractivity contribution >= 4 is 27.6 Å². The first-order chi connectivity index (χ1) is 17.2. The number of rotatable bonds is 7. The lowest BCUT2D eigenvalue weighted by Crippen LogP contribution is -2.50. The highest BCUT2D eigenvalue weighted by molar-refractivity contribution is 7.89. The van der Waals surface area contributed by atoms with Gasteiger partial charge in [0.2, 0.25) is 22.0 Å². The molecule has 0 saturated carbocycles. The lowest BCUT2D eigenvalue weighted by atomic mass is 10.1. The zero-order valence-corrected chi connectivity index (χ0v) is 21.2. The fourth-order valence-corrected chi connectivity index (χ4v) is 5.44. The molecule has 4 rings (SSSR count). The van der Waals surface area contributed by atoms with Gasteiger partial charge in [-0.15, -0.1) is 0 Å². The zero-order chi connectivity index (χ0) is 25.9. The summed E-state index contributed by atoms with van der Waals surface area (Å²) < 4.78 is 39.1. The summed E-state index contributed by atoms with van der Waals surface area (Å²) in [6.07, 6.45) is -1.02. The van der Waals surface area contributed by atoms with Crippen LogP contribution in [-0.2, 0) is 30.9 Å². The molecule has 8 nitrogen and oxygen atoms in total. The van der Waals surface area contributed by atoms with Crippen molar-refractivity contribution in [2.75, 3.05) is 25.1 Å². The SMILES string of the molecule is COC(=O)C1CN(C(=O)CN(Cc2cccc(C)c2)S(=O)(=O)c2ccc(C)cc2)c2ccccc2O1. The molecule has 1 amide bonds. The van der Waals surface area contributed by atoms with Gasteiger partial charge in [0.05, 0.1) is 30.8 Å². The van der Waals surface area contributed by atoms with Crippen LogP contribution < -0.4 is 9.64 Å². The van der Waals surface area contributed by atoms with E-state index < -0.39 is 34.5 Å². The van der Waals surface area contributed by atoms with Gasteiger partial charge in [-0.05, 0) is 43.7 Å². The van der Waals surface area contributed by atoms with Crippen LogP contribution in [0.3, 0.4) is 0 Å². The topological polar surface area (TPSA) is 93.2 Å². The van der Waals surface area contributed by atoms with E-state index in [4.69, 9.17) is 9.47 Å². The third-order valence-electron chi connectivity index (χ3n) is 5.95. The molecule has 3 aromatic carbocycles. The summed E-state index contributed by atoms with van der Waals surface area (Å²) in [6.45, 7) is 3.29. The van der Waals surface area contributed by atoms with Gasteiger partial charge >= 0.3 is 5.97 Å². The van der Waals surface area contributed by atoms with E-state index >= 15 is 0 Å². The van der Waals surface area contributed by atoms with Crippen LogP contribution in [0, 0.1) is 13.8 Å². The fraction of sp³-hybridized carbons (Fsp3) is 0.259. The van der Waals surface area contributed by atoms with Crippen molar-refractivity contribution in [2.24, 2.45) is 0 Å². The Morgan fingerprint density at radius 1 is 1.00 bits per heavy atom. The molecule has 1 atom stereocenters. The number of hydrogen-bond donors (Lipinski definition) is 0. The summed E-state index contributed by atoms with van der Waals surface area (Å²) in [4.78, 5) is 27.3. The van der Waals surface area contributed by atoms with Crippen LogP contribution in [0.4, 0.5) is 5.69 Å². The van der Waals surface area contributed by atoms with Crippen molar-refractivity contribution < 1.29 is 27.5 Å². The van der Waals surface area contributed by atoms with Crippen LogP contribution in [-0.4, -0.2) is 50.9 Å². The zero-order valence-electron chi connectivity index (χ0n) is 20.4. The third-order valence-corrected chi connectivity index (χ3v) is 7.76. The van der Waals surface area contributed by atoms with Crippen LogP contribution in [0.25, 0.3) is 0 Å². The Morgan fingerprint density at radius 3 is 2.42 bits per heavy atom. The number of amides is 1. The predicted molar refractivity (Wildman–Crippen MR) is 135 cm³/mol. The molecule has 0 spiro atoms. The first-order valence-electron chi connectivity index (χ1n) is 11.5. The minimum absolute atomic E-state index is 0.00997. The van der Waals surface area contributed by atoms with Crippen LogP contribution in [0.5, 0.6) is 5.75 Å². The summed E-state index contributed by atoms with van der Waals surface area (Å²) in [6, 6.07) is 20.8. The number of hydrogen-bond acceptors (Lipinski definition) is 6. The van der Waals surface area contributed by atoms with Gasteiger partial charge in [-0.3, -0.25) is 4.79 Å². The highest BCUT2D eigenvalue weighted by Gasteiger charge is 2.36. The number of para-hydroxylation sites is 2. The Labute approximate surface area is 211 Å². The first kappa shape index (κ1) is 25.4. The Morgan fingerprint density at radius 2 is 1.72 bits per heavy atom. The van der Waals surface area contributed by atoms with E-state index in [-0.39, 0.29) is 18.0 Å². The highest BCUT2D eigenvalue weighted by atomic mass is 32.2. The van der Waals surface area contributed by atoms with Crippen molar-refractivity contribution in [1.29, 1.82) is 0 Å². The molecule has 0 radical (unpaired) electrons. The third kappa shape index (κ3) is 5.42. The maximum atomic E-state index is 13.7. The minimum atomic E-state index is -4.01. The van der Waals surface area contributed by atoms with Crippen LogP contribution in [0.15, 0.2) is 77.7 Å². The van der Waals surface area contributed by atoms with Crippen molar-refractivity contribution in [3.63, 3.8) is 0 Å². The number of ether oxygens (including phenoxy) is 2. The number of benzene rings is 3. The molecule has 0 aromatic heterocycles. The molecule has 0 saturated heterocycles. The second-order valence-corrected chi connectivity index (χ2v) is 10.6. The maximum absolute atomic E-state index is 13.7. The second-order valence-electron chi connectivity index (χ2n) is 8.68. The molecule has 188 valence electrons. The first-order valence-corrected chi connectivity index (χ1v) is 12.9. The molecule has 1 heterocycles. The summed E-state index contributed by atoms with van der Waals surface area (Å²) in [7, 11) is -2.77. The van der Waals surface area contributed by atoms with Crippen molar-refractivity contribution in [1.82, 2.24) is 4.31 Å². The van der Waals surface area contributed by atoms with E-state index in [1.807, 2.05) is 38.1 Å². The number of fused-ring (bicyclic) bond motifs is 1. The highest BCUT2D eigenvalue weighted by Crippen LogP contribution is 2.34. The van der Waals surface area contributed by atoms with Gasteiger partial charge < -0.3 is 14.4 Å². The minimum Gasteiger partial charge on any atom is -0.475 e. The quantitative estimate of drug-likeness (QED) is 0.454. The Hall–Kier alpha value is -3.69. The van der Waals surface area contributed by atoms with Gasteiger partial charge in [-0.25, -0.2) is 13.2 Å². The molecule has 0 aliphatic carbocycles. The molecule has 1 unspecified atom stereocenters. The van der Waals surface area contributed by atoms with E-state index in [1.165, 1.54) is 28.4 Å². The largest absolute Gasteiger partial charge is 0.475 e. The van der Waals surface area contributed by atoms with Gasteiger partial charge in [-0.1, -0.05) is 59.7 Å². The van der Waals surface area contributed by atoms with Crippen LogP contribution in [0.1, 0.15) is 16.7 Å². The van der Waals surface area contributed by atoms with Gasteiger partial charge in [0, 0.05) is 6.54 Å². The normalized spacial score (nSPS) is 15.2. The smallest absolute Gasteiger partial charge is 0.348 e. The molecule has 1 aliphatic heterocycles. The average Bonchev–Trinajstić information content (AvgIpc) is 2.87. The van der Waals surface area contributed by atoms with Gasteiger partial charge in [-0.2, -0.15) is 4.31 Å². The predicted octanol–water partition coefficient (Wildman–Crippen LogP) is 3.46. The van der Waals surface area contributed by atoms with E-state index in [2.05, 4.69) is 0 Å². The molecular formula is C27H28N2O6S. The summed E-state index contributed by atoms with van der Waals surface area (Å²) in [5.74, 6) is -0.756. The summed E-state index contributed by atoms with van der Waals surface area (Å²) in [5.41, 5.74) is 3.13. The van der Waals surface area contributed by atoms with Crippen LogP contribution in [0.2, 0.25) is 0 Å². The average molecular weight is 509 g/mol. The number of esters is 1. The number of nitrogens with zero attached hydrogens (tertiary/aromatic N) is 2. The Bertz CT molecular complexity index is 1370. The summed E-state index contributed by atoms with van der Waals surface area (Å²) in [5, 5.41) is 0. The van der Waals surface area contributed by atoms with Crippen molar-refractivity contribution in [3.8, 4) is 5.75 Å². The van der Waals surface area contributed by atoms with E-state index in [0.29, 0.717) is 11.4 Å². The summed E-state index contributed by atoms with van der Waals surface area (Å²) >= 11 is 0. The molecule has 0 fully saturated rings. The molecule has 36 heavy (non-hydrogen) atoms. The number of methoxy groups -OCH3 is 1. The van der Waals surface area contributed by atoms with Gasteiger partial charge in [0.15, 0.2) is 0 Å². The van der Waals surface area contributed by atoms with Crippen LogP contribution >= 0.6 is 0 Å². The van der Waals surface area contributed by atoms with E-state index in [0.717, 1.165) is 16.7 Å². The molecule has 1 aliphatic rings. The van der Waals surface area contributed by atoms with Gasteiger partial charge in [0.25, 0.3) is 0 Å². The number of aryl methyl sites for hydroxylation is 2. The standard InChI is InChI=1S/C27H28N2O6S/c1-19-11-13-22(14-12-19)36(32,33)28(16-21-8-6-7-20(2)15-21)18-26(30)29-17-25(27(31)34-3)35-24-10-5-4-9-23(24)29/h4-15,25H,16-18H2,1-3H3. The number of sulfonamides is 1. The molecule has 0 N–H and O–H groups in total. The molecule has 0 bridgehead atoms. The van der Waals surface area contributed by atoms with Crippen molar-refractivity contribution in [3.05, 3.63) is 89.5 Å².